The lowest BCUT2D eigenvalue weighted by molar-refractivity contribution is -0.114. The van der Waals surface area contributed by atoms with E-state index in [0.717, 1.165) is 10.6 Å². The fraction of sp³-hybridized carbons (Fsp3) is 0.222. The van der Waals surface area contributed by atoms with Gasteiger partial charge in [-0.05, 0) is 42.8 Å². The number of methoxy groups -OCH3 is 1. The van der Waals surface area contributed by atoms with E-state index in [1.54, 1.807) is 19.1 Å². The normalized spacial score (nSPS) is 11.0. The van der Waals surface area contributed by atoms with Crippen LogP contribution in [0.5, 0.6) is 0 Å². The monoisotopic (exact) mass is 444 g/mol. The van der Waals surface area contributed by atoms with Crippen LogP contribution in [0, 0.1) is 6.92 Å². The third kappa shape index (κ3) is 5.60. The minimum Gasteiger partial charge on any atom is -0.465 e. The highest BCUT2D eigenvalue weighted by Crippen LogP contribution is 2.27. The van der Waals surface area contributed by atoms with Gasteiger partial charge in [-0.15, -0.1) is 0 Å². The number of carbonyl (C=O) groups excluding carboxylic acids is 2. The van der Waals surface area contributed by atoms with Gasteiger partial charge < -0.3 is 10.1 Å². The molecule has 0 aliphatic heterocycles. The van der Waals surface area contributed by atoms with Crippen LogP contribution < -0.4 is 9.62 Å². The summed E-state index contributed by atoms with van der Waals surface area (Å²) in [5.41, 5.74) is 1.48. The average Bonchev–Trinajstić information content (AvgIpc) is 2.59. The van der Waals surface area contributed by atoms with Crippen molar-refractivity contribution in [2.45, 2.75) is 6.92 Å². The highest BCUT2D eigenvalue weighted by Gasteiger charge is 2.22. The third-order valence-corrected chi connectivity index (χ3v) is 5.33. The first kappa shape index (κ1) is 22.0. The molecule has 0 saturated carbocycles. The van der Waals surface area contributed by atoms with Crippen molar-refractivity contribution < 1.29 is 22.7 Å². The second kappa shape index (κ2) is 8.81. The number of anilines is 2. The number of aryl methyl sites for hydroxylation is 1. The smallest absolute Gasteiger partial charge is 0.337 e. The Morgan fingerprint density at radius 1 is 1.11 bits per heavy atom. The summed E-state index contributed by atoms with van der Waals surface area (Å²) in [4.78, 5) is 24.2. The minimum absolute atomic E-state index is 0.162. The van der Waals surface area contributed by atoms with Gasteiger partial charge in [0.1, 0.15) is 6.54 Å². The van der Waals surface area contributed by atoms with Crippen molar-refractivity contribution in [3.05, 3.63) is 57.6 Å². The number of ether oxygens (including phenoxy) is 1. The van der Waals surface area contributed by atoms with Crippen LogP contribution in [0.4, 0.5) is 11.4 Å². The predicted octanol–water partition coefficient (Wildman–Crippen LogP) is 3.49. The topological polar surface area (TPSA) is 92.8 Å². The van der Waals surface area contributed by atoms with Gasteiger partial charge in [-0.1, -0.05) is 29.3 Å². The van der Waals surface area contributed by atoms with Crippen LogP contribution in [0.3, 0.4) is 0 Å². The van der Waals surface area contributed by atoms with Gasteiger partial charge in [0.2, 0.25) is 15.9 Å². The molecule has 150 valence electrons. The zero-order chi connectivity index (χ0) is 21.1. The molecule has 1 amide bonds. The summed E-state index contributed by atoms with van der Waals surface area (Å²) >= 11 is 11.9. The van der Waals surface area contributed by atoms with Crippen LogP contribution in [0.25, 0.3) is 0 Å². The largest absolute Gasteiger partial charge is 0.465 e. The Kier molecular flexibility index (Phi) is 6.92. The van der Waals surface area contributed by atoms with Crippen LogP contribution >= 0.6 is 23.2 Å². The molecule has 0 unspecified atom stereocenters. The van der Waals surface area contributed by atoms with E-state index in [9.17, 15) is 18.0 Å². The number of halogens is 2. The average molecular weight is 445 g/mol. The van der Waals surface area contributed by atoms with E-state index >= 15 is 0 Å². The number of sulfonamides is 1. The lowest BCUT2D eigenvalue weighted by Crippen LogP contribution is -2.37. The molecule has 0 aromatic heterocycles. The standard InChI is InChI=1S/C18H18Cl2N2O5S/c1-11-4-5-12(18(24)27-2)6-16(11)21-17(23)10-22(28(3,25)26)15-8-13(19)7-14(20)9-15/h4-9H,10H2,1-3H3,(H,21,23). The Labute approximate surface area is 173 Å². The zero-order valence-electron chi connectivity index (χ0n) is 15.3. The Morgan fingerprint density at radius 2 is 1.71 bits per heavy atom. The van der Waals surface area contributed by atoms with Crippen LogP contribution in [0.2, 0.25) is 10.0 Å². The molecular weight excluding hydrogens is 427 g/mol. The lowest BCUT2D eigenvalue weighted by atomic mass is 10.1. The van der Waals surface area contributed by atoms with Gasteiger partial charge >= 0.3 is 5.97 Å². The first-order valence-corrected chi connectivity index (χ1v) is 10.5. The van der Waals surface area contributed by atoms with Crippen molar-refractivity contribution in [3.63, 3.8) is 0 Å². The Bertz CT molecular complexity index is 1000. The molecule has 2 aromatic rings. The molecule has 7 nitrogen and oxygen atoms in total. The van der Waals surface area contributed by atoms with E-state index in [0.29, 0.717) is 11.3 Å². The number of carbonyl (C=O) groups is 2. The molecule has 0 saturated heterocycles. The van der Waals surface area contributed by atoms with Gasteiger partial charge in [0, 0.05) is 15.7 Å². The summed E-state index contributed by atoms with van der Waals surface area (Å²) in [5.74, 6) is -1.16. The molecule has 0 aliphatic carbocycles. The number of hydrogen-bond donors (Lipinski definition) is 1. The maximum Gasteiger partial charge on any atom is 0.337 e. The fourth-order valence-corrected chi connectivity index (χ4v) is 3.76. The maximum absolute atomic E-state index is 12.5. The number of hydrogen-bond acceptors (Lipinski definition) is 5. The van der Waals surface area contributed by atoms with Gasteiger partial charge in [0.15, 0.2) is 0 Å². The van der Waals surface area contributed by atoms with Crippen molar-refractivity contribution in [1.82, 2.24) is 0 Å². The van der Waals surface area contributed by atoms with Crippen molar-refractivity contribution in [2.75, 3.05) is 29.5 Å². The van der Waals surface area contributed by atoms with E-state index in [1.165, 1.54) is 31.4 Å². The van der Waals surface area contributed by atoms with Crippen LogP contribution in [0.15, 0.2) is 36.4 Å². The number of amides is 1. The molecular formula is C18H18Cl2N2O5S. The third-order valence-electron chi connectivity index (χ3n) is 3.76. The first-order chi connectivity index (χ1) is 13.0. The van der Waals surface area contributed by atoms with Gasteiger partial charge in [-0.2, -0.15) is 0 Å². The molecule has 0 atom stereocenters. The second-order valence-corrected chi connectivity index (χ2v) is 8.75. The Morgan fingerprint density at radius 3 is 2.25 bits per heavy atom. The first-order valence-electron chi connectivity index (χ1n) is 7.94. The molecule has 0 bridgehead atoms. The SMILES string of the molecule is COC(=O)c1ccc(C)c(NC(=O)CN(c2cc(Cl)cc(Cl)c2)S(C)(=O)=O)c1. The molecule has 0 spiro atoms. The molecule has 28 heavy (non-hydrogen) atoms. The van der Waals surface area contributed by atoms with Crippen LogP contribution in [-0.4, -0.2) is 40.2 Å². The maximum atomic E-state index is 12.5. The second-order valence-electron chi connectivity index (χ2n) is 5.97. The van der Waals surface area contributed by atoms with Crippen LogP contribution in [0.1, 0.15) is 15.9 Å². The molecule has 2 rings (SSSR count). The summed E-state index contributed by atoms with van der Waals surface area (Å²) < 4.78 is 29.9. The highest BCUT2D eigenvalue weighted by atomic mass is 35.5. The number of esters is 1. The number of benzene rings is 2. The summed E-state index contributed by atoms with van der Waals surface area (Å²) in [6, 6.07) is 8.91. The number of nitrogens with one attached hydrogen (secondary N) is 1. The molecule has 1 N–H and O–H groups in total. The van der Waals surface area contributed by atoms with Gasteiger partial charge in [0.25, 0.3) is 0 Å². The number of rotatable bonds is 6. The van der Waals surface area contributed by atoms with Gasteiger partial charge in [0.05, 0.1) is 24.6 Å². The summed E-state index contributed by atoms with van der Waals surface area (Å²) in [6.07, 6.45) is 0.970. The zero-order valence-corrected chi connectivity index (χ0v) is 17.7. The predicted molar refractivity (Wildman–Crippen MR) is 110 cm³/mol. The van der Waals surface area contributed by atoms with E-state index in [1.807, 2.05) is 0 Å². The van der Waals surface area contributed by atoms with Gasteiger partial charge in [-0.3, -0.25) is 9.10 Å². The summed E-state index contributed by atoms with van der Waals surface area (Å²) in [7, 11) is -2.54. The molecule has 0 radical (unpaired) electrons. The molecule has 2 aromatic carbocycles. The van der Waals surface area contributed by atoms with E-state index in [2.05, 4.69) is 10.1 Å². The molecule has 0 aliphatic rings. The Balaban J connectivity index is 2.29. The minimum atomic E-state index is -3.79. The van der Waals surface area contributed by atoms with Crippen molar-refractivity contribution >= 4 is 56.5 Å². The van der Waals surface area contributed by atoms with E-state index in [4.69, 9.17) is 23.2 Å². The van der Waals surface area contributed by atoms with E-state index in [-0.39, 0.29) is 21.3 Å². The van der Waals surface area contributed by atoms with Crippen molar-refractivity contribution in [3.8, 4) is 0 Å². The van der Waals surface area contributed by atoms with E-state index < -0.39 is 28.4 Å². The molecule has 0 fully saturated rings. The highest BCUT2D eigenvalue weighted by molar-refractivity contribution is 7.92. The van der Waals surface area contributed by atoms with Crippen molar-refractivity contribution in [2.24, 2.45) is 0 Å². The Hall–Kier alpha value is -2.29. The molecule has 10 heteroatoms. The molecule has 0 heterocycles. The number of nitrogens with zero attached hydrogens (tertiary/aromatic N) is 1. The van der Waals surface area contributed by atoms with Crippen LogP contribution in [-0.2, 0) is 19.6 Å². The fourth-order valence-electron chi connectivity index (χ4n) is 2.40. The quantitative estimate of drug-likeness (QED) is 0.688. The van der Waals surface area contributed by atoms with Crippen molar-refractivity contribution in [1.29, 1.82) is 0 Å². The van der Waals surface area contributed by atoms with Gasteiger partial charge in [-0.25, -0.2) is 13.2 Å². The summed E-state index contributed by atoms with van der Waals surface area (Å²) in [6.45, 7) is 1.24. The summed E-state index contributed by atoms with van der Waals surface area (Å²) in [5, 5.41) is 3.08. The lowest BCUT2D eigenvalue weighted by Gasteiger charge is -2.22.